The van der Waals surface area contributed by atoms with Crippen LogP contribution in [0.2, 0.25) is 0 Å². The zero-order valence-electron chi connectivity index (χ0n) is 12.9. The number of aromatic nitrogens is 1. The van der Waals surface area contributed by atoms with Crippen LogP contribution in [0.5, 0.6) is 0 Å². The first-order valence-electron chi connectivity index (χ1n) is 8.15. The minimum Gasteiger partial charge on any atom is -0.314 e. The predicted molar refractivity (Wildman–Crippen MR) is 88.6 cm³/mol. The molecule has 1 saturated heterocycles. The van der Waals surface area contributed by atoms with Crippen LogP contribution in [-0.2, 0) is 6.42 Å². The topological polar surface area (TPSA) is 28.2 Å². The van der Waals surface area contributed by atoms with Crippen LogP contribution in [0.1, 0.15) is 25.3 Å². The van der Waals surface area contributed by atoms with Gasteiger partial charge in [-0.2, -0.15) is 0 Å². The quantitative estimate of drug-likeness (QED) is 0.914. The molecule has 21 heavy (non-hydrogen) atoms. The van der Waals surface area contributed by atoms with Gasteiger partial charge >= 0.3 is 0 Å². The lowest BCUT2D eigenvalue weighted by molar-refractivity contribution is 0.201. The molecule has 2 heterocycles. The van der Waals surface area contributed by atoms with E-state index in [0.29, 0.717) is 0 Å². The predicted octanol–water partition coefficient (Wildman–Crippen LogP) is 2.85. The van der Waals surface area contributed by atoms with Crippen LogP contribution in [0.4, 0.5) is 0 Å². The van der Waals surface area contributed by atoms with Crippen LogP contribution < -0.4 is 5.32 Å². The molecule has 1 aliphatic rings. The van der Waals surface area contributed by atoms with Gasteiger partial charge < -0.3 is 10.2 Å². The van der Waals surface area contributed by atoms with Crippen LogP contribution in [0.15, 0.2) is 36.5 Å². The van der Waals surface area contributed by atoms with Crippen molar-refractivity contribution in [3.8, 4) is 0 Å². The molecule has 0 spiro atoms. The third-order valence-corrected chi connectivity index (χ3v) is 4.49. The highest BCUT2D eigenvalue weighted by Crippen LogP contribution is 2.17. The third kappa shape index (κ3) is 3.60. The fourth-order valence-electron chi connectivity index (χ4n) is 3.30. The number of fused-ring (bicyclic) bond motifs is 1. The van der Waals surface area contributed by atoms with Gasteiger partial charge in [-0.05, 0) is 50.5 Å². The van der Waals surface area contributed by atoms with Gasteiger partial charge in [-0.15, -0.1) is 0 Å². The lowest BCUT2D eigenvalue weighted by Crippen LogP contribution is -2.43. The van der Waals surface area contributed by atoms with Crippen molar-refractivity contribution in [1.29, 1.82) is 0 Å². The average molecular weight is 283 g/mol. The summed E-state index contributed by atoms with van der Waals surface area (Å²) in [5, 5.41) is 4.82. The monoisotopic (exact) mass is 283 g/mol. The summed E-state index contributed by atoms with van der Waals surface area (Å²) in [4.78, 5) is 7.15. The van der Waals surface area contributed by atoms with Gasteiger partial charge in [0.25, 0.3) is 0 Å². The number of pyridine rings is 1. The summed E-state index contributed by atoms with van der Waals surface area (Å²) in [6, 6.07) is 11.4. The SMILES string of the molecule is CCNC1CCN(CCc2cccc3cccnc23)CC1. The Kier molecular flexibility index (Phi) is 4.84. The molecular weight excluding hydrogens is 258 g/mol. The summed E-state index contributed by atoms with van der Waals surface area (Å²) in [6.45, 7) is 6.87. The lowest BCUT2D eigenvalue weighted by Gasteiger charge is -2.32. The smallest absolute Gasteiger partial charge is 0.0734 e. The van der Waals surface area contributed by atoms with E-state index < -0.39 is 0 Å². The molecule has 0 amide bonds. The second-order valence-electron chi connectivity index (χ2n) is 5.92. The molecule has 1 aromatic heterocycles. The number of rotatable bonds is 5. The molecule has 3 rings (SSSR count). The minimum absolute atomic E-state index is 0.727. The van der Waals surface area contributed by atoms with E-state index in [1.54, 1.807) is 0 Å². The molecule has 1 N–H and O–H groups in total. The molecule has 2 aromatic rings. The number of nitrogens with zero attached hydrogens (tertiary/aromatic N) is 2. The van der Waals surface area contributed by atoms with Crippen LogP contribution in [-0.4, -0.2) is 42.1 Å². The number of nitrogens with one attached hydrogen (secondary N) is 1. The largest absolute Gasteiger partial charge is 0.314 e. The van der Waals surface area contributed by atoms with Gasteiger partial charge in [0, 0.05) is 24.2 Å². The molecular formula is C18H25N3. The molecule has 0 radical (unpaired) electrons. The van der Waals surface area contributed by atoms with Crippen molar-refractivity contribution in [1.82, 2.24) is 15.2 Å². The van der Waals surface area contributed by atoms with E-state index in [4.69, 9.17) is 0 Å². The van der Waals surface area contributed by atoms with Gasteiger partial charge in [-0.25, -0.2) is 0 Å². The Bertz CT molecular complexity index is 568. The molecule has 0 atom stereocenters. The van der Waals surface area contributed by atoms with Crippen molar-refractivity contribution >= 4 is 10.9 Å². The summed E-state index contributed by atoms with van der Waals surface area (Å²) in [7, 11) is 0. The van der Waals surface area contributed by atoms with Gasteiger partial charge in [-0.1, -0.05) is 31.2 Å². The number of piperidine rings is 1. The highest BCUT2D eigenvalue weighted by molar-refractivity contribution is 5.81. The first-order chi connectivity index (χ1) is 10.4. The van der Waals surface area contributed by atoms with Gasteiger partial charge in [-0.3, -0.25) is 4.98 Å². The highest BCUT2D eigenvalue weighted by atomic mass is 15.1. The second-order valence-corrected chi connectivity index (χ2v) is 5.92. The van der Waals surface area contributed by atoms with E-state index in [0.717, 1.165) is 25.6 Å². The number of benzene rings is 1. The Hall–Kier alpha value is -1.45. The van der Waals surface area contributed by atoms with Gasteiger partial charge in [0.1, 0.15) is 0 Å². The first-order valence-corrected chi connectivity index (χ1v) is 8.15. The second kappa shape index (κ2) is 7.01. The maximum atomic E-state index is 4.55. The fourth-order valence-corrected chi connectivity index (χ4v) is 3.30. The minimum atomic E-state index is 0.727. The van der Waals surface area contributed by atoms with E-state index in [-0.39, 0.29) is 0 Å². The van der Waals surface area contributed by atoms with Gasteiger partial charge in [0.15, 0.2) is 0 Å². The van der Waals surface area contributed by atoms with Crippen LogP contribution >= 0.6 is 0 Å². The van der Waals surface area contributed by atoms with Gasteiger partial charge in [0.2, 0.25) is 0 Å². The molecule has 3 nitrogen and oxygen atoms in total. The molecule has 0 bridgehead atoms. The standard InChI is InChI=1S/C18H25N3/c1-2-19-17-9-13-21(14-10-17)12-8-16-6-3-5-15-7-4-11-20-18(15)16/h3-7,11,17,19H,2,8-10,12-14H2,1H3. The summed E-state index contributed by atoms with van der Waals surface area (Å²) < 4.78 is 0. The summed E-state index contributed by atoms with van der Waals surface area (Å²) in [5.41, 5.74) is 2.55. The summed E-state index contributed by atoms with van der Waals surface area (Å²) >= 11 is 0. The van der Waals surface area contributed by atoms with E-state index in [1.165, 1.54) is 42.4 Å². The van der Waals surface area contributed by atoms with Crippen molar-refractivity contribution in [3.63, 3.8) is 0 Å². The van der Waals surface area contributed by atoms with Crippen molar-refractivity contribution in [2.24, 2.45) is 0 Å². The number of para-hydroxylation sites is 1. The van der Waals surface area contributed by atoms with Gasteiger partial charge in [0.05, 0.1) is 5.52 Å². The number of likely N-dealkylation sites (tertiary alicyclic amines) is 1. The maximum absolute atomic E-state index is 4.55. The normalized spacial score (nSPS) is 17.4. The maximum Gasteiger partial charge on any atom is 0.0734 e. The zero-order valence-corrected chi connectivity index (χ0v) is 12.9. The molecule has 1 fully saturated rings. The Labute approximate surface area is 127 Å². The number of hydrogen-bond acceptors (Lipinski definition) is 3. The lowest BCUT2D eigenvalue weighted by atomic mass is 10.0. The van der Waals surface area contributed by atoms with Crippen molar-refractivity contribution in [2.75, 3.05) is 26.2 Å². The van der Waals surface area contributed by atoms with E-state index in [1.807, 2.05) is 12.3 Å². The van der Waals surface area contributed by atoms with E-state index >= 15 is 0 Å². The molecule has 3 heteroatoms. The first kappa shape index (κ1) is 14.5. The molecule has 112 valence electrons. The van der Waals surface area contributed by atoms with Crippen molar-refractivity contribution in [2.45, 2.75) is 32.2 Å². The average Bonchev–Trinajstić information content (AvgIpc) is 2.54. The fraction of sp³-hybridized carbons (Fsp3) is 0.500. The third-order valence-electron chi connectivity index (χ3n) is 4.49. The molecule has 0 saturated carbocycles. The van der Waals surface area contributed by atoms with Crippen LogP contribution in [0.3, 0.4) is 0 Å². The Morgan fingerprint density at radius 2 is 2.00 bits per heavy atom. The van der Waals surface area contributed by atoms with Crippen LogP contribution in [0.25, 0.3) is 10.9 Å². The highest BCUT2D eigenvalue weighted by Gasteiger charge is 2.18. The summed E-state index contributed by atoms with van der Waals surface area (Å²) in [6.07, 6.45) is 5.55. The molecule has 0 aliphatic carbocycles. The zero-order chi connectivity index (χ0) is 14.5. The van der Waals surface area contributed by atoms with E-state index in [2.05, 4.69) is 46.4 Å². The van der Waals surface area contributed by atoms with E-state index in [9.17, 15) is 0 Å². The summed E-state index contributed by atoms with van der Waals surface area (Å²) in [5.74, 6) is 0. The van der Waals surface area contributed by atoms with Crippen molar-refractivity contribution < 1.29 is 0 Å². The molecule has 1 aliphatic heterocycles. The van der Waals surface area contributed by atoms with Crippen LogP contribution in [0, 0.1) is 0 Å². The van der Waals surface area contributed by atoms with Crippen molar-refractivity contribution in [3.05, 3.63) is 42.1 Å². The number of hydrogen-bond donors (Lipinski definition) is 1. The Morgan fingerprint density at radius 3 is 2.81 bits per heavy atom. The molecule has 0 unspecified atom stereocenters. The Morgan fingerprint density at radius 1 is 1.19 bits per heavy atom. The molecule has 1 aromatic carbocycles. The Balaban J connectivity index is 1.58.